The molecule has 5 heteroatoms. The van der Waals surface area contributed by atoms with Crippen LogP contribution in [0.3, 0.4) is 0 Å². The highest BCUT2D eigenvalue weighted by Crippen LogP contribution is 2.40. The molecule has 0 spiro atoms. The maximum atomic E-state index is 11.2. The van der Waals surface area contributed by atoms with Gasteiger partial charge in [-0.2, -0.15) is 0 Å². The van der Waals surface area contributed by atoms with Gasteiger partial charge in [0.1, 0.15) is 11.5 Å². The van der Waals surface area contributed by atoms with Crippen LogP contribution in [0.4, 0.5) is 0 Å². The average molecular weight is 284 g/mol. The molecular formula is C14H20O4S. The van der Waals surface area contributed by atoms with Gasteiger partial charge in [0.2, 0.25) is 0 Å². The van der Waals surface area contributed by atoms with Crippen molar-refractivity contribution in [2.24, 2.45) is 0 Å². The standard InChI is InChI=1S/C14H20O4S/c1-8(2)19-10-6-11(17-4)13(9(3)14(15)16)12(7-10)18-5/h6-9H,1-5H3,(H,15,16). The Kier molecular flexibility index (Phi) is 5.54. The molecule has 106 valence electrons. The predicted octanol–water partition coefficient (Wildman–Crippen LogP) is 3.39. The number of ether oxygens (including phenoxy) is 2. The van der Waals surface area contributed by atoms with Crippen LogP contribution < -0.4 is 9.47 Å². The lowest BCUT2D eigenvalue weighted by Gasteiger charge is -2.18. The highest BCUT2D eigenvalue weighted by atomic mass is 32.2. The summed E-state index contributed by atoms with van der Waals surface area (Å²) in [6, 6.07) is 3.73. The van der Waals surface area contributed by atoms with E-state index in [0.717, 1.165) is 4.90 Å². The topological polar surface area (TPSA) is 55.8 Å². The Hall–Kier alpha value is -1.36. The highest BCUT2D eigenvalue weighted by Gasteiger charge is 2.24. The van der Waals surface area contributed by atoms with E-state index in [1.165, 1.54) is 14.2 Å². The second kappa shape index (κ2) is 6.70. The summed E-state index contributed by atoms with van der Waals surface area (Å²) < 4.78 is 10.6. The molecule has 1 N–H and O–H groups in total. The fraction of sp³-hybridized carbons (Fsp3) is 0.500. The first kappa shape index (κ1) is 15.7. The van der Waals surface area contributed by atoms with E-state index in [1.807, 2.05) is 12.1 Å². The van der Waals surface area contributed by atoms with Gasteiger partial charge in [0, 0.05) is 10.1 Å². The lowest BCUT2D eigenvalue weighted by Crippen LogP contribution is -2.10. The Morgan fingerprint density at radius 2 is 1.63 bits per heavy atom. The SMILES string of the molecule is COc1cc(SC(C)C)cc(OC)c1C(C)C(=O)O. The maximum absolute atomic E-state index is 11.2. The number of methoxy groups -OCH3 is 2. The predicted molar refractivity (Wildman–Crippen MR) is 76.6 cm³/mol. The van der Waals surface area contributed by atoms with Crippen molar-refractivity contribution in [3.8, 4) is 11.5 Å². The number of rotatable bonds is 6. The van der Waals surface area contributed by atoms with E-state index in [-0.39, 0.29) is 0 Å². The smallest absolute Gasteiger partial charge is 0.310 e. The Balaban J connectivity index is 3.33. The van der Waals surface area contributed by atoms with Crippen LogP contribution in [0.2, 0.25) is 0 Å². The average Bonchev–Trinajstić information content (AvgIpc) is 2.35. The quantitative estimate of drug-likeness (QED) is 0.811. The van der Waals surface area contributed by atoms with Gasteiger partial charge in [0.25, 0.3) is 0 Å². The monoisotopic (exact) mass is 284 g/mol. The van der Waals surface area contributed by atoms with Gasteiger partial charge in [-0.05, 0) is 19.1 Å². The molecule has 0 fully saturated rings. The minimum absolute atomic E-state index is 0.428. The number of benzene rings is 1. The molecule has 0 radical (unpaired) electrons. The van der Waals surface area contributed by atoms with Crippen molar-refractivity contribution < 1.29 is 19.4 Å². The first-order chi connectivity index (χ1) is 8.90. The van der Waals surface area contributed by atoms with Gasteiger partial charge >= 0.3 is 5.97 Å². The van der Waals surface area contributed by atoms with Gasteiger partial charge in [-0.1, -0.05) is 13.8 Å². The van der Waals surface area contributed by atoms with Crippen LogP contribution in [0.5, 0.6) is 11.5 Å². The van der Waals surface area contributed by atoms with Crippen molar-refractivity contribution in [1.82, 2.24) is 0 Å². The molecule has 0 saturated heterocycles. The molecule has 0 heterocycles. The van der Waals surface area contributed by atoms with Crippen LogP contribution in [0.15, 0.2) is 17.0 Å². The summed E-state index contributed by atoms with van der Waals surface area (Å²) in [6.07, 6.45) is 0. The molecule has 0 saturated carbocycles. The van der Waals surface area contributed by atoms with Gasteiger partial charge in [0.05, 0.1) is 25.7 Å². The molecule has 0 aromatic heterocycles. The molecule has 1 rings (SSSR count). The fourth-order valence-electron chi connectivity index (χ4n) is 1.81. The van der Waals surface area contributed by atoms with Crippen LogP contribution in [-0.2, 0) is 4.79 Å². The van der Waals surface area contributed by atoms with Crippen molar-refractivity contribution in [3.05, 3.63) is 17.7 Å². The Morgan fingerprint density at radius 1 is 1.16 bits per heavy atom. The van der Waals surface area contributed by atoms with Gasteiger partial charge < -0.3 is 14.6 Å². The molecule has 0 aliphatic rings. The summed E-state index contributed by atoms with van der Waals surface area (Å²) >= 11 is 1.68. The van der Waals surface area contributed by atoms with Gasteiger partial charge in [-0.15, -0.1) is 11.8 Å². The Morgan fingerprint density at radius 3 is 1.95 bits per heavy atom. The van der Waals surface area contributed by atoms with E-state index < -0.39 is 11.9 Å². The van der Waals surface area contributed by atoms with Crippen LogP contribution in [0.1, 0.15) is 32.3 Å². The van der Waals surface area contributed by atoms with E-state index in [4.69, 9.17) is 9.47 Å². The summed E-state index contributed by atoms with van der Waals surface area (Å²) in [4.78, 5) is 12.2. The number of hydrogen-bond donors (Lipinski definition) is 1. The lowest BCUT2D eigenvalue weighted by atomic mass is 9.99. The van der Waals surface area contributed by atoms with E-state index in [0.29, 0.717) is 22.3 Å². The zero-order valence-corrected chi connectivity index (χ0v) is 12.7. The lowest BCUT2D eigenvalue weighted by molar-refractivity contribution is -0.138. The van der Waals surface area contributed by atoms with Gasteiger partial charge in [0.15, 0.2) is 0 Å². The molecule has 4 nitrogen and oxygen atoms in total. The number of carboxylic acid groups (broad SMARTS) is 1. The second-order valence-electron chi connectivity index (χ2n) is 4.47. The third-order valence-corrected chi connectivity index (χ3v) is 3.67. The largest absolute Gasteiger partial charge is 0.496 e. The minimum atomic E-state index is -0.902. The summed E-state index contributed by atoms with van der Waals surface area (Å²) in [5.41, 5.74) is 0.575. The summed E-state index contributed by atoms with van der Waals surface area (Å²) in [6.45, 7) is 5.81. The molecule has 0 bridgehead atoms. The molecule has 0 amide bonds. The first-order valence-corrected chi connectivity index (χ1v) is 6.94. The first-order valence-electron chi connectivity index (χ1n) is 6.06. The summed E-state index contributed by atoms with van der Waals surface area (Å²) in [7, 11) is 3.08. The van der Waals surface area contributed by atoms with Crippen molar-refractivity contribution >= 4 is 17.7 Å². The zero-order chi connectivity index (χ0) is 14.6. The van der Waals surface area contributed by atoms with E-state index in [2.05, 4.69) is 13.8 Å². The maximum Gasteiger partial charge on any atom is 0.310 e. The van der Waals surface area contributed by atoms with Crippen LogP contribution in [0.25, 0.3) is 0 Å². The van der Waals surface area contributed by atoms with Crippen molar-refractivity contribution in [2.75, 3.05) is 14.2 Å². The molecule has 1 unspecified atom stereocenters. The summed E-state index contributed by atoms with van der Waals surface area (Å²) in [5, 5.41) is 9.60. The molecular weight excluding hydrogens is 264 g/mol. The Labute approximate surface area is 118 Å². The third-order valence-electron chi connectivity index (χ3n) is 2.69. The number of thioether (sulfide) groups is 1. The van der Waals surface area contributed by atoms with Gasteiger partial charge in [-0.3, -0.25) is 4.79 Å². The molecule has 0 aliphatic carbocycles. The van der Waals surface area contributed by atoms with Crippen molar-refractivity contribution in [2.45, 2.75) is 36.8 Å². The second-order valence-corrected chi connectivity index (χ2v) is 6.12. The third kappa shape index (κ3) is 3.80. The molecule has 1 atom stereocenters. The number of carbonyl (C=O) groups is 1. The van der Waals surface area contributed by atoms with Crippen LogP contribution in [0, 0.1) is 0 Å². The Bertz CT molecular complexity index is 432. The van der Waals surface area contributed by atoms with Crippen molar-refractivity contribution in [1.29, 1.82) is 0 Å². The van der Waals surface area contributed by atoms with E-state index >= 15 is 0 Å². The number of aliphatic carboxylic acids is 1. The van der Waals surface area contributed by atoms with Gasteiger partial charge in [-0.25, -0.2) is 0 Å². The van der Waals surface area contributed by atoms with Crippen LogP contribution >= 0.6 is 11.8 Å². The normalized spacial score (nSPS) is 12.3. The fourth-order valence-corrected chi connectivity index (χ4v) is 2.70. The molecule has 0 aliphatic heterocycles. The zero-order valence-electron chi connectivity index (χ0n) is 11.9. The van der Waals surface area contributed by atoms with Crippen LogP contribution in [-0.4, -0.2) is 30.5 Å². The molecule has 1 aromatic carbocycles. The number of carboxylic acids is 1. The minimum Gasteiger partial charge on any atom is -0.496 e. The highest BCUT2D eigenvalue weighted by molar-refractivity contribution is 7.99. The number of hydrogen-bond acceptors (Lipinski definition) is 4. The molecule has 19 heavy (non-hydrogen) atoms. The summed E-state index contributed by atoms with van der Waals surface area (Å²) in [5.74, 6) is -0.473. The van der Waals surface area contributed by atoms with Crippen molar-refractivity contribution in [3.63, 3.8) is 0 Å². The van der Waals surface area contributed by atoms with E-state index in [1.54, 1.807) is 18.7 Å². The van der Waals surface area contributed by atoms with E-state index in [9.17, 15) is 9.90 Å². The molecule has 1 aromatic rings.